The van der Waals surface area contributed by atoms with Crippen molar-refractivity contribution in [1.82, 2.24) is 14.7 Å². The number of hydrogen-bond acceptors (Lipinski definition) is 4. The summed E-state index contributed by atoms with van der Waals surface area (Å²) in [5.74, 6) is 0.224. The predicted octanol–water partition coefficient (Wildman–Crippen LogP) is 0.598. The summed E-state index contributed by atoms with van der Waals surface area (Å²) in [6, 6.07) is 0.163. The standard InChI is InChI=1S/C15H32N4O/c1-6-18(7-2)14(20)10-13(11-16)19-9-8-17(5)15(3,4)12-19/h13H,6-12,16H2,1-5H3. The smallest absolute Gasteiger partial charge is 0.224 e. The first-order valence-corrected chi connectivity index (χ1v) is 7.78. The predicted molar refractivity (Wildman–Crippen MR) is 83.7 cm³/mol. The Morgan fingerprint density at radius 2 is 1.90 bits per heavy atom. The number of nitrogens with two attached hydrogens (primary N) is 1. The third-order valence-electron chi connectivity index (χ3n) is 4.66. The van der Waals surface area contributed by atoms with Crippen LogP contribution >= 0.6 is 0 Å². The summed E-state index contributed by atoms with van der Waals surface area (Å²) in [5.41, 5.74) is 6.07. The molecule has 1 unspecified atom stereocenters. The van der Waals surface area contributed by atoms with E-state index in [1.165, 1.54) is 0 Å². The van der Waals surface area contributed by atoms with Gasteiger partial charge < -0.3 is 10.6 Å². The number of carbonyl (C=O) groups is 1. The van der Waals surface area contributed by atoms with Crippen molar-refractivity contribution in [1.29, 1.82) is 0 Å². The molecule has 1 heterocycles. The average molecular weight is 284 g/mol. The molecule has 0 radical (unpaired) electrons. The second-order valence-electron chi connectivity index (χ2n) is 6.36. The van der Waals surface area contributed by atoms with Crippen LogP contribution in [0.5, 0.6) is 0 Å². The topological polar surface area (TPSA) is 52.8 Å². The van der Waals surface area contributed by atoms with Gasteiger partial charge in [0.25, 0.3) is 0 Å². The summed E-state index contributed by atoms with van der Waals surface area (Å²) in [5, 5.41) is 0. The van der Waals surface area contributed by atoms with Gasteiger partial charge in [-0.3, -0.25) is 14.6 Å². The maximum absolute atomic E-state index is 12.3. The van der Waals surface area contributed by atoms with E-state index >= 15 is 0 Å². The minimum absolute atomic E-state index is 0.143. The van der Waals surface area contributed by atoms with Crippen LogP contribution in [-0.2, 0) is 4.79 Å². The lowest BCUT2D eigenvalue weighted by atomic mass is 9.97. The van der Waals surface area contributed by atoms with Gasteiger partial charge in [-0.15, -0.1) is 0 Å². The number of piperazine rings is 1. The number of carbonyl (C=O) groups excluding carboxylic acids is 1. The molecule has 118 valence electrons. The minimum Gasteiger partial charge on any atom is -0.343 e. The number of hydrogen-bond donors (Lipinski definition) is 1. The average Bonchev–Trinajstić information content (AvgIpc) is 2.40. The zero-order valence-corrected chi connectivity index (χ0v) is 13.9. The van der Waals surface area contributed by atoms with Crippen LogP contribution in [0.4, 0.5) is 0 Å². The van der Waals surface area contributed by atoms with Crippen LogP contribution in [0.15, 0.2) is 0 Å². The van der Waals surface area contributed by atoms with Crippen LogP contribution in [0.3, 0.4) is 0 Å². The fraction of sp³-hybridized carbons (Fsp3) is 0.933. The summed E-state index contributed by atoms with van der Waals surface area (Å²) in [7, 11) is 2.16. The molecule has 1 rings (SSSR count). The Balaban J connectivity index is 2.65. The SMILES string of the molecule is CCN(CC)C(=O)CC(CN)N1CCN(C)C(C)(C)C1. The second-order valence-corrected chi connectivity index (χ2v) is 6.36. The van der Waals surface area contributed by atoms with E-state index in [9.17, 15) is 4.79 Å². The van der Waals surface area contributed by atoms with Crippen molar-refractivity contribution in [2.45, 2.75) is 45.7 Å². The third-order valence-corrected chi connectivity index (χ3v) is 4.66. The number of likely N-dealkylation sites (N-methyl/N-ethyl adjacent to an activating group) is 1. The molecule has 0 aromatic rings. The van der Waals surface area contributed by atoms with E-state index in [0.717, 1.165) is 32.7 Å². The molecule has 1 saturated heterocycles. The number of nitrogens with zero attached hydrogens (tertiary/aromatic N) is 3. The summed E-state index contributed by atoms with van der Waals surface area (Å²) in [6.07, 6.45) is 0.540. The van der Waals surface area contributed by atoms with Gasteiger partial charge in [-0.25, -0.2) is 0 Å². The molecule has 5 nitrogen and oxygen atoms in total. The maximum atomic E-state index is 12.3. The molecule has 0 aliphatic carbocycles. The van der Waals surface area contributed by atoms with Gasteiger partial charge in [-0.05, 0) is 34.7 Å². The lowest BCUT2D eigenvalue weighted by Gasteiger charge is -2.47. The van der Waals surface area contributed by atoms with E-state index in [4.69, 9.17) is 5.73 Å². The molecular formula is C15H32N4O. The van der Waals surface area contributed by atoms with Gasteiger partial charge >= 0.3 is 0 Å². The minimum atomic E-state index is 0.143. The first kappa shape index (κ1) is 17.4. The van der Waals surface area contributed by atoms with E-state index in [1.807, 2.05) is 18.7 Å². The molecule has 1 amide bonds. The van der Waals surface area contributed by atoms with Crippen LogP contribution in [0.2, 0.25) is 0 Å². The first-order valence-electron chi connectivity index (χ1n) is 7.78. The van der Waals surface area contributed by atoms with E-state index < -0.39 is 0 Å². The van der Waals surface area contributed by atoms with E-state index in [0.29, 0.717) is 13.0 Å². The molecule has 1 fully saturated rings. The third kappa shape index (κ3) is 4.17. The molecule has 0 bridgehead atoms. The summed E-state index contributed by atoms with van der Waals surface area (Å²) < 4.78 is 0. The molecule has 1 aliphatic rings. The molecule has 0 saturated carbocycles. The zero-order valence-electron chi connectivity index (χ0n) is 13.9. The van der Waals surface area contributed by atoms with Gasteiger partial charge in [0.05, 0.1) is 0 Å². The Morgan fingerprint density at radius 1 is 1.30 bits per heavy atom. The zero-order chi connectivity index (χ0) is 15.3. The highest BCUT2D eigenvalue weighted by Crippen LogP contribution is 2.21. The van der Waals surface area contributed by atoms with Crippen LogP contribution in [0, 0.1) is 0 Å². The monoisotopic (exact) mass is 284 g/mol. The lowest BCUT2D eigenvalue weighted by molar-refractivity contribution is -0.132. The molecule has 20 heavy (non-hydrogen) atoms. The summed E-state index contributed by atoms with van der Waals surface area (Å²) in [6.45, 7) is 13.6. The van der Waals surface area contributed by atoms with Crippen molar-refractivity contribution in [3.05, 3.63) is 0 Å². The van der Waals surface area contributed by atoms with Crippen LogP contribution in [0.25, 0.3) is 0 Å². The quantitative estimate of drug-likeness (QED) is 0.776. The van der Waals surface area contributed by atoms with Crippen molar-refractivity contribution in [2.24, 2.45) is 5.73 Å². The van der Waals surface area contributed by atoms with Crippen molar-refractivity contribution < 1.29 is 4.79 Å². The molecule has 0 aromatic carbocycles. The molecule has 5 heteroatoms. The Kier molecular flexibility index (Phi) is 6.43. The molecule has 1 aliphatic heterocycles. The van der Waals surface area contributed by atoms with E-state index in [1.54, 1.807) is 0 Å². The highest BCUT2D eigenvalue weighted by atomic mass is 16.2. The highest BCUT2D eigenvalue weighted by Gasteiger charge is 2.34. The Bertz CT molecular complexity index is 315. The highest BCUT2D eigenvalue weighted by molar-refractivity contribution is 5.76. The van der Waals surface area contributed by atoms with Crippen molar-refractivity contribution in [2.75, 3.05) is 46.3 Å². The summed E-state index contributed by atoms with van der Waals surface area (Å²) in [4.78, 5) is 18.9. The van der Waals surface area contributed by atoms with Crippen LogP contribution in [0.1, 0.15) is 34.1 Å². The molecule has 0 aromatic heterocycles. The van der Waals surface area contributed by atoms with Gasteiger partial charge in [0, 0.05) is 57.3 Å². The Hall–Kier alpha value is -0.650. The fourth-order valence-electron chi connectivity index (χ4n) is 2.86. The second kappa shape index (κ2) is 7.38. The van der Waals surface area contributed by atoms with E-state index in [-0.39, 0.29) is 17.5 Å². The number of rotatable bonds is 6. The Labute approximate surface area is 124 Å². The van der Waals surface area contributed by atoms with Gasteiger partial charge in [0.1, 0.15) is 0 Å². The van der Waals surface area contributed by atoms with E-state index in [2.05, 4.69) is 30.7 Å². The molecule has 2 N–H and O–H groups in total. The maximum Gasteiger partial charge on any atom is 0.224 e. The van der Waals surface area contributed by atoms with Crippen molar-refractivity contribution in [3.63, 3.8) is 0 Å². The molecular weight excluding hydrogens is 252 g/mol. The van der Waals surface area contributed by atoms with Gasteiger partial charge in [-0.1, -0.05) is 0 Å². The Morgan fingerprint density at radius 3 is 2.35 bits per heavy atom. The number of amides is 1. The lowest BCUT2D eigenvalue weighted by Crippen LogP contribution is -2.61. The van der Waals surface area contributed by atoms with Crippen LogP contribution in [-0.4, -0.2) is 78.5 Å². The molecule has 1 atom stereocenters. The van der Waals surface area contributed by atoms with Crippen molar-refractivity contribution >= 4 is 5.91 Å². The summed E-state index contributed by atoms with van der Waals surface area (Å²) >= 11 is 0. The van der Waals surface area contributed by atoms with Crippen LogP contribution < -0.4 is 5.73 Å². The van der Waals surface area contributed by atoms with Crippen molar-refractivity contribution in [3.8, 4) is 0 Å². The normalized spacial score (nSPS) is 21.7. The van der Waals surface area contributed by atoms with Gasteiger partial charge in [-0.2, -0.15) is 0 Å². The first-order chi connectivity index (χ1) is 9.35. The largest absolute Gasteiger partial charge is 0.343 e. The van der Waals surface area contributed by atoms with Gasteiger partial charge in [0.15, 0.2) is 0 Å². The molecule has 0 spiro atoms. The fourth-order valence-corrected chi connectivity index (χ4v) is 2.86. The van der Waals surface area contributed by atoms with Gasteiger partial charge in [0.2, 0.25) is 5.91 Å².